The zero-order chi connectivity index (χ0) is 21.1. The van der Waals surface area contributed by atoms with Gasteiger partial charge in [-0.25, -0.2) is 8.78 Å². The molecule has 2 saturated heterocycles. The predicted molar refractivity (Wildman–Crippen MR) is 111 cm³/mol. The van der Waals surface area contributed by atoms with Gasteiger partial charge < -0.3 is 9.64 Å². The summed E-state index contributed by atoms with van der Waals surface area (Å²) in [7, 11) is 0. The second-order valence-electron chi connectivity index (χ2n) is 8.34. The molecule has 2 fully saturated rings. The summed E-state index contributed by atoms with van der Waals surface area (Å²) in [5.74, 6) is -0.784. The van der Waals surface area contributed by atoms with Crippen molar-refractivity contribution in [3.05, 3.63) is 65.2 Å². The molecule has 1 amide bonds. The normalized spacial score (nSPS) is 21.9. The van der Waals surface area contributed by atoms with E-state index in [0.717, 1.165) is 31.5 Å². The van der Waals surface area contributed by atoms with E-state index < -0.39 is 5.82 Å². The van der Waals surface area contributed by atoms with Crippen LogP contribution in [0.1, 0.15) is 48.5 Å². The molecule has 0 saturated carbocycles. The molecule has 2 aromatic carbocycles. The molecule has 2 aliphatic heterocycles. The minimum absolute atomic E-state index is 0.0884. The van der Waals surface area contributed by atoms with Crippen LogP contribution in [0.4, 0.5) is 8.78 Å². The van der Waals surface area contributed by atoms with Crippen molar-refractivity contribution in [3.63, 3.8) is 0 Å². The highest BCUT2D eigenvalue weighted by atomic mass is 19.1. The Morgan fingerprint density at radius 1 is 1.07 bits per heavy atom. The summed E-state index contributed by atoms with van der Waals surface area (Å²) in [6, 6.07) is 11.0. The van der Waals surface area contributed by atoms with Crippen LogP contribution in [0, 0.1) is 11.6 Å². The average molecular weight is 414 g/mol. The highest BCUT2D eigenvalue weighted by molar-refractivity contribution is 5.95. The topological polar surface area (TPSA) is 32.8 Å². The maximum absolute atomic E-state index is 14.7. The summed E-state index contributed by atoms with van der Waals surface area (Å²) in [4.78, 5) is 17.3. The maximum atomic E-state index is 14.7. The van der Waals surface area contributed by atoms with Crippen LogP contribution in [0.2, 0.25) is 0 Å². The monoisotopic (exact) mass is 414 g/mol. The molecule has 160 valence electrons. The summed E-state index contributed by atoms with van der Waals surface area (Å²) < 4.78 is 33.3. The molecule has 0 aromatic heterocycles. The number of amides is 1. The first kappa shape index (κ1) is 20.8. The van der Waals surface area contributed by atoms with Gasteiger partial charge in [-0.3, -0.25) is 9.69 Å². The number of halogens is 2. The van der Waals surface area contributed by atoms with Gasteiger partial charge in [0.15, 0.2) is 0 Å². The molecule has 6 heteroatoms. The van der Waals surface area contributed by atoms with Crippen LogP contribution in [0.15, 0.2) is 42.5 Å². The summed E-state index contributed by atoms with van der Waals surface area (Å²) in [6.07, 6.45) is 4.33. The van der Waals surface area contributed by atoms with Crippen LogP contribution < -0.4 is 4.74 Å². The van der Waals surface area contributed by atoms with Gasteiger partial charge in [-0.15, -0.1) is 0 Å². The van der Waals surface area contributed by atoms with E-state index >= 15 is 0 Å². The van der Waals surface area contributed by atoms with Crippen LogP contribution in [0.3, 0.4) is 0 Å². The van der Waals surface area contributed by atoms with Gasteiger partial charge in [-0.05, 0) is 69.0 Å². The van der Waals surface area contributed by atoms with Crippen molar-refractivity contribution in [3.8, 4) is 5.75 Å². The number of carbonyl (C=O) groups is 1. The Labute approximate surface area is 176 Å². The molecule has 4 rings (SSSR count). The standard InChI is InChI=1S/C24H28F2N2O2/c1-17-4-2-12-27(17)15-20-5-3-13-28(20)24(29)22-11-10-21(14-23(22)26)30-16-18-6-8-19(25)9-7-18/h6-11,14,17,20H,2-5,12-13,15-16H2,1H3/t17-,20?/m0/s1. The third-order valence-corrected chi connectivity index (χ3v) is 6.26. The van der Waals surface area contributed by atoms with Crippen LogP contribution in [-0.2, 0) is 6.61 Å². The molecule has 0 N–H and O–H groups in total. The molecule has 0 radical (unpaired) electrons. The van der Waals surface area contributed by atoms with Crippen LogP contribution in [-0.4, -0.2) is 47.4 Å². The second kappa shape index (κ2) is 9.13. The molecular weight excluding hydrogens is 386 g/mol. The van der Waals surface area contributed by atoms with E-state index in [1.165, 1.54) is 37.1 Å². The molecule has 0 bridgehead atoms. The molecule has 4 nitrogen and oxygen atoms in total. The van der Waals surface area contributed by atoms with Gasteiger partial charge in [-0.1, -0.05) is 12.1 Å². The second-order valence-corrected chi connectivity index (χ2v) is 8.34. The van der Waals surface area contributed by atoms with Gasteiger partial charge in [0.25, 0.3) is 5.91 Å². The molecule has 0 aliphatic carbocycles. The van der Waals surface area contributed by atoms with Gasteiger partial charge in [0, 0.05) is 31.2 Å². The van der Waals surface area contributed by atoms with Crippen molar-refractivity contribution in [1.82, 2.24) is 9.80 Å². The number of likely N-dealkylation sites (tertiary alicyclic amines) is 2. The largest absolute Gasteiger partial charge is 0.489 e. The lowest BCUT2D eigenvalue weighted by Gasteiger charge is -2.31. The highest BCUT2D eigenvalue weighted by Crippen LogP contribution is 2.26. The van der Waals surface area contributed by atoms with E-state index in [4.69, 9.17) is 4.74 Å². The first-order valence-electron chi connectivity index (χ1n) is 10.7. The number of hydrogen-bond donors (Lipinski definition) is 0. The number of rotatable bonds is 6. The van der Waals surface area contributed by atoms with Gasteiger partial charge in [0.1, 0.15) is 24.0 Å². The molecule has 30 heavy (non-hydrogen) atoms. The first-order valence-corrected chi connectivity index (χ1v) is 10.7. The Hall–Kier alpha value is -2.47. The number of benzene rings is 2. The molecule has 0 spiro atoms. The maximum Gasteiger partial charge on any atom is 0.257 e. The lowest BCUT2D eigenvalue weighted by molar-refractivity contribution is 0.0692. The fourth-order valence-corrected chi connectivity index (χ4v) is 4.49. The summed E-state index contributed by atoms with van der Waals surface area (Å²) in [5.41, 5.74) is 0.874. The SMILES string of the molecule is C[C@H]1CCCN1CC1CCCN1C(=O)c1ccc(OCc2ccc(F)cc2)cc1F. The van der Waals surface area contributed by atoms with Crippen molar-refractivity contribution in [2.45, 2.75) is 51.3 Å². The van der Waals surface area contributed by atoms with Crippen LogP contribution in [0.25, 0.3) is 0 Å². The average Bonchev–Trinajstić information content (AvgIpc) is 3.36. The van der Waals surface area contributed by atoms with Crippen LogP contribution >= 0.6 is 0 Å². The zero-order valence-corrected chi connectivity index (χ0v) is 17.3. The summed E-state index contributed by atoms with van der Waals surface area (Å²) in [6.45, 7) is 5.06. The minimum atomic E-state index is -0.572. The van der Waals surface area contributed by atoms with Gasteiger partial charge in [0.05, 0.1) is 5.56 Å². The Morgan fingerprint density at radius 2 is 1.83 bits per heavy atom. The Balaban J connectivity index is 1.40. The van der Waals surface area contributed by atoms with Crippen molar-refractivity contribution in [1.29, 1.82) is 0 Å². The first-order chi connectivity index (χ1) is 14.5. The minimum Gasteiger partial charge on any atom is -0.489 e. The van der Waals surface area contributed by atoms with Gasteiger partial charge in [0.2, 0.25) is 0 Å². The van der Waals surface area contributed by atoms with Crippen molar-refractivity contribution in [2.75, 3.05) is 19.6 Å². The number of hydrogen-bond acceptors (Lipinski definition) is 3. The fraction of sp³-hybridized carbons (Fsp3) is 0.458. The Bertz CT molecular complexity index is 887. The fourth-order valence-electron chi connectivity index (χ4n) is 4.49. The molecule has 2 heterocycles. The Kier molecular flexibility index (Phi) is 6.32. The van der Waals surface area contributed by atoms with E-state index in [0.29, 0.717) is 18.3 Å². The third-order valence-electron chi connectivity index (χ3n) is 6.26. The molecule has 2 aromatic rings. The van der Waals surface area contributed by atoms with E-state index in [2.05, 4.69) is 11.8 Å². The number of ether oxygens (including phenoxy) is 1. The van der Waals surface area contributed by atoms with Crippen LogP contribution in [0.5, 0.6) is 5.75 Å². The molecular formula is C24H28F2N2O2. The lowest BCUT2D eigenvalue weighted by atomic mass is 10.1. The lowest BCUT2D eigenvalue weighted by Crippen LogP contribution is -2.44. The van der Waals surface area contributed by atoms with Gasteiger partial charge >= 0.3 is 0 Å². The quantitative estimate of drug-likeness (QED) is 0.691. The van der Waals surface area contributed by atoms with E-state index in [1.54, 1.807) is 18.2 Å². The highest BCUT2D eigenvalue weighted by Gasteiger charge is 2.33. The van der Waals surface area contributed by atoms with E-state index in [-0.39, 0.29) is 29.9 Å². The Morgan fingerprint density at radius 3 is 2.53 bits per heavy atom. The molecule has 2 aliphatic rings. The van der Waals surface area contributed by atoms with Crippen molar-refractivity contribution >= 4 is 5.91 Å². The summed E-state index contributed by atoms with van der Waals surface area (Å²) >= 11 is 0. The third kappa shape index (κ3) is 4.64. The van der Waals surface area contributed by atoms with E-state index in [9.17, 15) is 13.6 Å². The molecule has 2 atom stereocenters. The van der Waals surface area contributed by atoms with Gasteiger partial charge in [-0.2, -0.15) is 0 Å². The smallest absolute Gasteiger partial charge is 0.257 e. The number of nitrogens with zero attached hydrogens (tertiary/aromatic N) is 2. The zero-order valence-electron chi connectivity index (χ0n) is 17.3. The van der Waals surface area contributed by atoms with E-state index in [1.807, 2.05) is 4.90 Å². The summed E-state index contributed by atoms with van der Waals surface area (Å²) in [5, 5.41) is 0. The number of carbonyl (C=O) groups excluding carboxylic acids is 1. The molecule has 1 unspecified atom stereocenters. The predicted octanol–water partition coefficient (Wildman–Crippen LogP) is 4.63. The van der Waals surface area contributed by atoms with Crippen molar-refractivity contribution < 1.29 is 18.3 Å². The van der Waals surface area contributed by atoms with Crippen molar-refractivity contribution in [2.24, 2.45) is 0 Å².